The first-order chi connectivity index (χ1) is 4.77. The highest BCUT2D eigenvalue weighted by molar-refractivity contribution is 4.77. The van der Waals surface area contributed by atoms with Crippen LogP contribution < -0.4 is 0 Å². The zero-order valence-corrected chi connectivity index (χ0v) is 6.90. The van der Waals surface area contributed by atoms with Gasteiger partial charge in [-0.1, -0.05) is 26.2 Å². The quantitative estimate of drug-likeness (QED) is 0.627. The van der Waals surface area contributed by atoms with E-state index >= 15 is 0 Å². The lowest BCUT2D eigenvalue weighted by Crippen LogP contribution is -2.21. The van der Waals surface area contributed by atoms with Crippen molar-refractivity contribution in [2.75, 3.05) is 6.61 Å². The van der Waals surface area contributed by atoms with Crippen LogP contribution in [0.15, 0.2) is 0 Å². The van der Waals surface area contributed by atoms with E-state index < -0.39 is 0 Å². The molecule has 0 aromatic heterocycles. The van der Waals surface area contributed by atoms with Crippen LogP contribution in [0.5, 0.6) is 0 Å². The highest BCUT2D eigenvalue weighted by Gasteiger charge is 2.25. The van der Waals surface area contributed by atoms with Crippen LogP contribution in [-0.2, 0) is 0 Å². The van der Waals surface area contributed by atoms with Gasteiger partial charge in [-0.25, -0.2) is 0 Å². The summed E-state index contributed by atoms with van der Waals surface area (Å²) in [5.74, 6) is 0. The van der Waals surface area contributed by atoms with Crippen molar-refractivity contribution in [3.05, 3.63) is 0 Å². The molecule has 1 aliphatic carbocycles. The number of aliphatic hydroxyl groups excluding tert-OH is 1. The van der Waals surface area contributed by atoms with E-state index in [9.17, 15) is 0 Å². The van der Waals surface area contributed by atoms with Crippen LogP contribution in [0, 0.1) is 5.41 Å². The molecule has 1 saturated carbocycles. The normalized spacial score (nSPS) is 24.6. The topological polar surface area (TPSA) is 20.2 Å². The van der Waals surface area contributed by atoms with E-state index in [4.69, 9.17) is 5.11 Å². The van der Waals surface area contributed by atoms with E-state index in [1.807, 2.05) is 0 Å². The zero-order chi connectivity index (χ0) is 7.45. The monoisotopic (exact) mass is 142 g/mol. The van der Waals surface area contributed by atoms with Crippen molar-refractivity contribution in [2.45, 2.75) is 45.4 Å². The molecule has 1 nitrogen and oxygen atoms in total. The second-order valence-electron chi connectivity index (χ2n) is 3.84. The van der Waals surface area contributed by atoms with E-state index in [1.54, 1.807) is 0 Å². The first-order valence-corrected chi connectivity index (χ1v) is 4.38. The third-order valence-corrected chi connectivity index (χ3v) is 2.78. The molecule has 60 valence electrons. The van der Waals surface area contributed by atoms with Crippen molar-refractivity contribution in [1.82, 2.24) is 0 Å². The Labute approximate surface area is 63.4 Å². The van der Waals surface area contributed by atoms with Crippen molar-refractivity contribution in [3.8, 4) is 0 Å². The Hall–Kier alpha value is -0.0400. The SMILES string of the molecule is CC1(CCO)CCCCC1. The lowest BCUT2D eigenvalue weighted by Gasteiger charge is -2.32. The van der Waals surface area contributed by atoms with Crippen LogP contribution in [0.1, 0.15) is 45.4 Å². The predicted octanol–water partition coefficient (Wildman–Crippen LogP) is 2.34. The Bertz CT molecular complexity index is 87.4. The van der Waals surface area contributed by atoms with E-state index in [0.717, 1.165) is 6.42 Å². The molecule has 1 fully saturated rings. The first-order valence-electron chi connectivity index (χ1n) is 4.38. The Morgan fingerprint density at radius 2 is 1.80 bits per heavy atom. The summed E-state index contributed by atoms with van der Waals surface area (Å²) in [6.07, 6.45) is 7.81. The summed E-state index contributed by atoms with van der Waals surface area (Å²) < 4.78 is 0. The molecule has 0 spiro atoms. The average Bonchev–Trinajstić information content (AvgIpc) is 1.89. The van der Waals surface area contributed by atoms with Gasteiger partial charge >= 0.3 is 0 Å². The largest absolute Gasteiger partial charge is 0.396 e. The second kappa shape index (κ2) is 3.38. The van der Waals surface area contributed by atoms with E-state index in [0.29, 0.717) is 12.0 Å². The van der Waals surface area contributed by atoms with Crippen LogP contribution >= 0.6 is 0 Å². The molecule has 0 aromatic rings. The van der Waals surface area contributed by atoms with Crippen molar-refractivity contribution >= 4 is 0 Å². The smallest absolute Gasteiger partial charge is 0.0436 e. The minimum Gasteiger partial charge on any atom is -0.396 e. The molecule has 1 rings (SSSR count). The summed E-state index contributed by atoms with van der Waals surface area (Å²) >= 11 is 0. The van der Waals surface area contributed by atoms with Gasteiger partial charge in [0.2, 0.25) is 0 Å². The average molecular weight is 142 g/mol. The molecule has 0 aromatic carbocycles. The van der Waals surface area contributed by atoms with Crippen molar-refractivity contribution in [2.24, 2.45) is 5.41 Å². The third kappa shape index (κ3) is 1.98. The van der Waals surface area contributed by atoms with E-state index in [-0.39, 0.29) is 0 Å². The van der Waals surface area contributed by atoms with Gasteiger partial charge in [-0.15, -0.1) is 0 Å². The van der Waals surface area contributed by atoms with Gasteiger partial charge in [0.25, 0.3) is 0 Å². The standard InChI is InChI=1S/C9H18O/c1-9(7-8-10)5-3-2-4-6-9/h10H,2-8H2,1H3. The third-order valence-electron chi connectivity index (χ3n) is 2.78. The van der Waals surface area contributed by atoms with Gasteiger partial charge in [-0.3, -0.25) is 0 Å². The lowest BCUT2D eigenvalue weighted by molar-refractivity contribution is 0.148. The first kappa shape index (κ1) is 8.06. The molecular weight excluding hydrogens is 124 g/mol. The second-order valence-corrected chi connectivity index (χ2v) is 3.84. The van der Waals surface area contributed by atoms with Gasteiger partial charge in [0.15, 0.2) is 0 Å². The molecule has 1 heteroatoms. The van der Waals surface area contributed by atoms with Crippen LogP contribution in [0.25, 0.3) is 0 Å². The minimum atomic E-state index is 0.372. The van der Waals surface area contributed by atoms with Gasteiger partial charge in [0, 0.05) is 6.61 Å². The minimum absolute atomic E-state index is 0.372. The van der Waals surface area contributed by atoms with Crippen LogP contribution in [0.4, 0.5) is 0 Å². The molecule has 0 bridgehead atoms. The summed E-state index contributed by atoms with van der Waals surface area (Å²) in [5.41, 5.74) is 0.479. The Balaban J connectivity index is 2.32. The maximum absolute atomic E-state index is 8.78. The summed E-state index contributed by atoms with van der Waals surface area (Å²) in [4.78, 5) is 0. The highest BCUT2D eigenvalue weighted by atomic mass is 16.3. The maximum Gasteiger partial charge on any atom is 0.0436 e. The molecule has 0 atom stereocenters. The molecule has 1 aliphatic rings. The van der Waals surface area contributed by atoms with Crippen LogP contribution in [-0.4, -0.2) is 11.7 Å². The summed E-state index contributed by atoms with van der Waals surface area (Å²) in [6, 6.07) is 0. The fraction of sp³-hybridized carbons (Fsp3) is 1.00. The Morgan fingerprint density at radius 3 is 2.30 bits per heavy atom. The number of rotatable bonds is 2. The molecule has 0 radical (unpaired) electrons. The molecule has 0 saturated heterocycles. The van der Waals surface area contributed by atoms with Gasteiger partial charge in [-0.05, 0) is 24.7 Å². The number of hydrogen-bond donors (Lipinski definition) is 1. The molecule has 10 heavy (non-hydrogen) atoms. The van der Waals surface area contributed by atoms with Crippen LogP contribution in [0.3, 0.4) is 0 Å². The van der Waals surface area contributed by atoms with Gasteiger partial charge in [0.05, 0.1) is 0 Å². The summed E-state index contributed by atoms with van der Waals surface area (Å²) in [6.45, 7) is 2.68. The molecule has 0 heterocycles. The maximum atomic E-state index is 8.78. The number of aliphatic hydroxyl groups is 1. The zero-order valence-electron chi connectivity index (χ0n) is 6.90. The van der Waals surface area contributed by atoms with Crippen LogP contribution in [0.2, 0.25) is 0 Å². The van der Waals surface area contributed by atoms with E-state index in [1.165, 1.54) is 32.1 Å². The van der Waals surface area contributed by atoms with Gasteiger partial charge in [0.1, 0.15) is 0 Å². The Morgan fingerprint density at radius 1 is 1.20 bits per heavy atom. The molecule has 0 amide bonds. The van der Waals surface area contributed by atoms with Crippen molar-refractivity contribution < 1.29 is 5.11 Å². The van der Waals surface area contributed by atoms with E-state index in [2.05, 4.69) is 6.92 Å². The summed E-state index contributed by atoms with van der Waals surface area (Å²) in [5, 5.41) is 8.78. The Kier molecular flexibility index (Phi) is 2.72. The molecule has 0 aliphatic heterocycles. The summed E-state index contributed by atoms with van der Waals surface area (Å²) in [7, 11) is 0. The fourth-order valence-corrected chi connectivity index (χ4v) is 1.93. The molecular formula is C9H18O. The highest BCUT2D eigenvalue weighted by Crippen LogP contribution is 2.38. The lowest BCUT2D eigenvalue weighted by atomic mass is 9.74. The molecule has 1 N–H and O–H groups in total. The fourth-order valence-electron chi connectivity index (χ4n) is 1.93. The van der Waals surface area contributed by atoms with Crippen molar-refractivity contribution in [3.63, 3.8) is 0 Å². The van der Waals surface area contributed by atoms with Gasteiger partial charge < -0.3 is 5.11 Å². The molecule has 0 unspecified atom stereocenters. The number of hydrogen-bond acceptors (Lipinski definition) is 1. The predicted molar refractivity (Wildman–Crippen MR) is 42.9 cm³/mol. The van der Waals surface area contributed by atoms with Crippen molar-refractivity contribution in [1.29, 1.82) is 0 Å². The van der Waals surface area contributed by atoms with Gasteiger partial charge in [-0.2, -0.15) is 0 Å².